The number of carbonyl (C=O) groups is 2. The van der Waals surface area contributed by atoms with Crippen molar-refractivity contribution < 1.29 is 9.59 Å². The number of anilines is 3. The molecule has 2 aromatic heterocycles. The minimum atomic E-state index is -0.331. The highest BCUT2D eigenvalue weighted by atomic mass is 35.5. The van der Waals surface area contributed by atoms with E-state index in [-0.39, 0.29) is 30.6 Å². The number of hydrogen-bond acceptors (Lipinski definition) is 6. The molecule has 0 saturated heterocycles. The van der Waals surface area contributed by atoms with Crippen LogP contribution in [0.3, 0.4) is 0 Å². The third-order valence-corrected chi connectivity index (χ3v) is 6.19. The molecule has 1 aliphatic rings. The van der Waals surface area contributed by atoms with Crippen LogP contribution >= 0.6 is 12.4 Å². The molecular formula is C27H22ClN7O2. The first kappa shape index (κ1) is 24.1. The van der Waals surface area contributed by atoms with Crippen molar-refractivity contribution in [2.45, 2.75) is 19.3 Å². The van der Waals surface area contributed by atoms with Crippen LogP contribution in [-0.4, -0.2) is 37.0 Å². The van der Waals surface area contributed by atoms with Crippen molar-refractivity contribution in [3.8, 4) is 5.69 Å². The predicted octanol–water partition coefficient (Wildman–Crippen LogP) is 4.42. The standard InChI is InChI=1S/C27H21N7O2.ClH/c35-25-17-26(36)33(23-14-8-18-5-1-2-7-22(18)27(23)29-25)20-10-12-21(13-11-20)34-24(30-31-32-34)15-9-19-6-3-4-16-28-19;/h1-8,10-14,16H,9,15,17H2,(H,29,35);1H. The largest absolute Gasteiger partial charge is 0.323 e. The summed E-state index contributed by atoms with van der Waals surface area (Å²) in [6.07, 6.45) is 2.87. The molecule has 9 nitrogen and oxygen atoms in total. The molecule has 1 aliphatic heterocycles. The molecule has 0 bridgehead atoms. The molecule has 1 N–H and O–H groups in total. The van der Waals surface area contributed by atoms with Gasteiger partial charge >= 0.3 is 0 Å². The summed E-state index contributed by atoms with van der Waals surface area (Å²) in [6, 6.07) is 24.8. The van der Waals surface area contributed by atoms with Gasteiger partial charge in [-0.25, -0.2) is 0 Å². The van der Waals surface area contributed by atoms with Crippen molar-refractivity contribution >= 4 is 52.1 Å². The van der Waals surface area contributed by atoms with Gasteiger partial charge in [-0.1, -0.05) is 36.4 Å². The predicted molar refractivity (Wildman–Crippen MR) is 142 cm³/mol. The maximum Gasteiger partial charge on any atom is 0.241 e. The second kappa shape index (κ2) is 10.2. The van der Waals surface area contributed by atoms with Crippen molar-refractivity contribution in [1.29, 1.82) is 0 Å². The van der Waals surface area contributed by atoms with Gasteiger partial charge in [0.05, 0.1) is 17.1 Å². The van der Waals surface area contributed by atoms with Gasteiger partial charge in [-0.2, -0.15) is 4.68 Å². The minimum absolute atomic E-state index is 0. The van der Waals surface area contributed by atoms with Crippen molar-refractivity contribution in [2.24, 2.45) is 0 Å². The highest BCUT2D eigenvalue weighted by Crippen LogP contribution is 2.40. The summed E-state index contributed by atoms with van der Waals surface area (Å²) in [5.74, 6) is 0.0848. The Labute approximate surface area is 218 Å². The number of pyridine rings is 1. The van der Waals surface area contributed by atoms with Crippen molar-refractivity contribution in [3.05, 3.63) is 96.6 Å². The molecule has 0 unspecified atom stereocenters. The summed E-state index contributed by atoms with van der Waals surface area (Å²) in [7, 11) is 0. The van der Waals surface area contributed by atoms with Crippen molar-refractivity contribution in [3.63, 3.8) is 0 Å². The summed E-state index contributed by atoms with van der Waals surface area (Å²) < 4.78 is 1.68. The van der Waals surface area contributed by atoms with Gasteiger partial charge in [-0.15, -0.1) is 17.5 Å². The first-order valence-electron chi connectivity index (χ1n) is 11.6. The second-order valence-electron chi connectivity index (χ2n) is 8.48. The third-order valence-electron chi connectivity index (χ3n) is 6.19. The molecule has 5 aromatic rings. The molecule has 0 atom stereocenters. The lowest BCUT2D eigenvalue weighted by Crippen LogP contribution is -2.26. The fraction of sp³-hybridized carbons (Fsp3) is 0.111. The molecule has 6 rings (SSSR count). The highest BCUT2D eigenvalue weighted by Gasteiger charge is 2.28. The molecule has 3 heterocycles. The summed E-state index contributed by atoms with van der Waals surface area (Å²) in [5, 5.41) is 17.0. The number of aromatic nitrogens is 5. The molecule has 0 saturated carbocycles. The van der Waals surface area contributed by atoms with Crippen molar-refractivity contribution in [2.75, 3.05) is 10.2 Å². The van der Waals surface area contributed by atoms with Crippen LogP contribution in [0.5, 0.6) is 0 Å². The molecule has 10 heteroatoms. The highest BCUT2D eigenvalue weighted by molar-refractivity contribution is 6.21. The Morgan fingerprint density at radius 3 is 2.43 bits per heavy atom. The van der Waals surface area contributed by atoms with Gasteiger partial charge in [0.15, 0.2) is 5.82 Å². The van der Waals surface area contributed by atoms with Gasteiger partial charge in [0, 0.05) is 29.4 Å². The first-order valence-corrected chi connectivity index (χ1v) is 11.6. The maximum absolute atomic E-state index is 13.1. The monoisotopic (exact) mass is 511 g/mol. The topological polar surface area (TPSA) is 106 Å². The average molecular weight is 512 g/mol. The molecule has 3 aromatic carbocycles. The molecule has 0 aliphatic carbocycles. The van der Waals surface area contributed by atoms with E-state index in [0.29, 0.717) is 35.7 Å². The zero-order valence-corrected chi connectivity index (χ0v) is 20.4. The Hall–Kier alpha value is -4.63. The van der Waals surface area contributed by atoms with Crippen LogP contribution in [0.4, 0.5) is 17.1 Å². The van der Waals surface area contributed by atoms with Gasteiger partial charge in [-0.3, -0.25) is 19.5 Å². The fourth-order valence-electron chi connectivity index (χ4n) is 4.49. The van der Waals surface area contributed by atoms with Crippen molar-refractivity contribution in [1.82, 2.24) is 25.2 Å². The second-order valence-corrected chi connectivity index (χ2v) is 8.48. The van der Waals surface area contributed by atoms with E-state index in [4.69, 9.17) is 0 Å². The minimum Gasteiger partial charge on any atom is -0.323 e. The quantitative estimate of drug-likeness (QED) is 0.350. The number of carbonyl (C=O) groups excluding carboxylic acids is 2. The van der Waals surface area contributed by atoms with Gasteiger partial charge < -0.3 is 5.32 Å². The smallest absolute Gasteiger partial charge is 0.241 e. The third kappa shape index (κ3) is 4.64. The number of rotatable bonds is 5. The first-order chi connectivity index (χ1) is 17.7. The maximum atomic E-state index is 13.1. The van der Waals surface area contributed by atoms with E-state index in [1.165, 1.54) is 0 Å². The Balaban J connectivity index is 0.00000280. The Kier molecular flexibility index (Phi) is 6.61. The Bertz CT molecular complexity index is 1590. The van der Waals surface area contributed by atoms with E-state index < -0.39 is 0 Å². The van der Waals surface area contributed by atoms with E-state index >= 15 is 0 Å². The number of halogens is 1. The normalized spacial score (nSPS) is 13.0. The number of tetrazole rings is 1. The molecule has 2 amide bonds. The van der Waals surface area contributed by atoms with Crippen LogP contribution in [0, 0.1) is 0 Å². The number of amides is 2. The molecule has 0 radical (unpaired) electrons. The number of aryl methyl sites for hydroxylation is 2. The van der Waals surface area contributed by atoms with E-state index in [1.54, 1.807) is 15.8 Å². The zero-order valence-electron chi connectivity index (χ0n) is 19.6. The number of fused-ring (bicyclic) bond motifs is 3. The molecule has 0 spiro atoms. The lowest BCUT2D eigenvalue weighted by Gasteiger charge is -2.23. The summed E-state index contributed by atoms with van der Waals surface area (Å²) in [5.41, 5.74) is 3.66. The summed E-state index contributed by atoms with van der Waals surface area (Å²) >= 11 is 0. The molecule has 0 fully saturated rings. The van der Waals surface area contributed by atoms with E-state index in [1.807, 2.05) is 78.9 Å². The van der Waals surface area contributed by atoms with Crippen LogP contribution < -0.4 is 10.2 Å². The number of nitrogens with zero attached hydrogens (tertiary/aromatic N) is 6. The Morgan fingerprint density at radius 2 is 1.62 bits per heavy atom. The van der Waals surface area contributed by atoms with E-state index in [0.717, 1.165) is 22.2 Å². The van der Waals surface area contributed by atoms with Gasteiger partial charge in [0.2, 0.25) is 11.8 Å². The van der Waals surface area contributed by atoms with Crippen LogP contribution in [0.25, 0.3) is 16.5 Å². The summed E-state index contributed by atoms with van der Waals surface area (Å²) in [4.78, 5) is 31.6. The Morgan fingerprint density at radius 1 is 0.838 bits per heavy atom. The van der Waals surface area contributed by atoms with E-state index in [9.17, 15) is 9.59 Å². The number of hydrogen-bond donors (Lipinski definition) is 1. The average Bonchev–Trinajstić information content (AvgIpc) is 3.33. The van der Waals surface area contributed by atoms with Crippen LogP contribution in [0.15, 0.2) is 85.1 Å². The molecular weight excluding hydrogens is 490 g/mol. The molecule has 184 valence electrons. The lowest BCUT2D eigenvalue weighted by atomic mass is 10.1. The van der Waals surface area contributed by atoms with Crippen LogP contribution in [0.1, 0.15) is 17.9 Å². The van der Waals surface area contributed by atoms with Gasteiger partial charge in [-0.05, 0) is 64.7 Å². The van der Waals surface area contributed by atoms with Crippen LogP contribution in [-0.2, 0) is 22.4 Å². The zero-order chi connectivity index (χ0) is 24.5. The van der Waals surface area contributed by atoms with Crippen LogP contribution in [0.2, 0.25) is 0 Å². The fourth-order valence-corrected chi connectivity index (χ4v) is 4.49. The lowest BCUT2D eigenvalue weighted by molar-refractivity contribution is -0.124. The SMILES string of the molecule is Cl.O=C1CC(=O)N(c2ccc(-n3nnnc3CCc3ccccn3)cc2)c2ccc3ccccc3c2N1. The number of nitrogens with one attached hydrogen (secondary N) is 1. The van der Waals surface area contributed by atoms with Gasteiger partial charge in [0.25, 0.3) is 0 Å². The van der Waals surface area contributed by atoms with E-state index in [2.05, 4.69) is 25.8 Å². The number of benzene rings is 3. The summed E-state index contributed by atoms with van der Waals surface area (Å²) in [6.45, 7) is 0. The van der Waals surface area contributed by atoms with Gasteiger partial charge in [0.1, 0.15) is 6.42 Å². The molecule has 37 heavy (non-hydrogen) atoms.